The minimum absolute atomic E-state index is 0. The Morgan fingerprint density at radius 2 is 1.25 bits per heavy atom. The van der Waals surface area contributed by atoms with Gasteiger partial charge in [-0.15, -0.1) is 5.69 Å². The summed E-state index contributed by atoms with van der Waals surface area (Å²) in [6, 6.07) is 32.0. The maximum Gasteiger partial charge on any atom is 4.00 e. The molecule has 0 radical (unpaired) electrons. The van der Waals surface area contributed by atoms with Crippen LogP contribution in [0.15, 0.2) is 106 Å². The summed E-state index contributed by atoms with van der Waals surface area (Å²) < 4.78 is 0. The summed E-state index contributed by atoms with van der Waals surface area (Å²) in [5.41, 5.74) is 4.81. The normalized spacial score (nSPS) is 14.4. The number of nitrogens with zero attached hydrogens (tertiary/aromatic N) is 4. The van der Waals surface area contributed by atoms with E-state index in [1.54, 1.807) is 35.3 Å². The van der Waals surface area contributed by atoms with Gasteiger partial charge in [0.25, 0.3) is 0 Å². The summed E-state index contributed by atoms with van der Waals surface area (Å²) in [7, 11) is 4.14. The molecule has 182 valence electrons. The number of hydrogen-bond donors (Lipinski definition) is 0. The molecule has 0 spiro atoms. The molecule has 3 aromatic carbocycles. The first-order valence-electron chi connectivity index (χ1n) is 11.1. The molecular weight excluding hydrogens is 590 g/mol. The third-order valence-electron chi connectivity index (χ3n) is 5.40. The monoisotopic (exact) mass is 614 g/mol. The van der Waals surface area contributed by atoms with Crippen LogP contribution in [0, 0.1) is 23.7 Å². The standard InChI is InChI=1S/C12H8N2S.2C8H8NS.Ru/c1-2-5-10(6-3-1)14-9-15-12-11(14)7-4-8-13-12;2*1-9-6-10-8-5-3-2-4-7(8)9;/h1-5,7-9H;2*2-6H,1H3;/q-2;2*-1;+4. The van der Waals surface area contributed by atoms with Gasteiger partial charge in [0.15, 0.2) is 0 Å². The third-order valence-corrected chi connectivity index (χ3v) is 8.29. The van der Waals surface area contributed by atoms with Crippen molar-refractivity contribution in [2.75, 3.05) is 28.8 Å². The van der Waals surface area contributed by atoms with Crippen molar-refractivity contribution >= 4 is 58.0 Å². The number of pyridine rings is 1. The van der Waals surface area contributed by atoms with E-state index in [9.17, 15) is 0 Å². The van der Waals surface area contributed by atoms with Crippen LogP contribution in [0.3, 0.4) is 0 Å². The SMILES string of the molecule is CN1[CH-]Sc2ccccc21.CN1[CH-]Sc2ccccc21.[Ru+4].[c-]1ccccc1N1[CH-]Sc2ncccc21. The summed E-state index contributed by atoms with van der Waals surface area (Å²) >= 11 is 5.19. The third kappa shape index (κ3) is 6.23. The number of fused-ring (bicyclic) bond motifs is 3. The Hall–Kier alpha value is -2.12. The fraction of sp³-hybridized carbons (Fsp3) is 0.0714. The minimum Gasteiger partial charge on any atom is -0.514 e. The number of anilines is 4. The summed E-state index contributed by atoms with van der Waals surface area (Å²) in [4.78, 5) is 13.4. The van der Waals surface area contributed by atoms with E-state index in [4.69, 9.17) is 0 Å². The second-order valence-corrected chi connectivity index (χ2v) is 10.4. The van der Waals surface area contributed by atoms with E-state index >= 15 is 0 Å². The number of benzene rings is 3. The molecule has 8 heteroatoms. The maximum absolute atomic E-state index is 4.31. The van der Waals surface area contributed by atoms with Crippen LogP contribution >= 0.6 is 35.3 Å². The minimum atomic E-state index is 0. The molecule has 4 nitrogen and oxygen atoms in total. The average molecular weight is 614 g/mol. The van der Waals surface area contributed by atoms with E-state index in [-0.39, 0.29) is 19.5 Å². The van der Waals surface area contributed by atoms with Crippen molar-refractivity contribution in [2.24, 2.45) is 0 Å². The number of para-hydroxylation sites is 3. The fourth-order valence-corrected chi connectivity index (χ4v) is 6.21. The van der Waals surface area contributed by atoms with Crippen molar-refractivity contribution in [1.82, 2.24) is 4.98 Å². The quantitative estimate of drug-likeness (QED) is 0.159. The van der Waals surface area contributed by atoms with E-state index in [0.29, 0.717) is 0 Å². The molecule has 0 aliphatic carbocycles. The average Bonchev–Trinajstić information content (AvgIpc) is 3.63. The van der Waals surface area contributed by atoms with Crippen LogP contribution in [-0.2, 0) is 19.5 Å². The van der Waals surface area contributed by atoms with Crippen LogP contribution in [0.1, 0.15) is 0 Å². The van der Waals surface area contributed by atoms with Crippen molar-refractivity contribution in [3.63, 3.8) is 0 Å². The van der Waals surface area contributed by atoms with E-state index < -0.39 is 0 Å². The molecule has 3 aliphatic heterocycles. The summed E-state index contributed by atoms with van der Waals surface area (Å²) in [6.45, 7) is 0. The maximum atomic E-state index is 4.31. The molecule has 0 amide bonds. The van der Waals surface area contributed by atoms with Crippen molar-refractivity contribution in [1.29, 1.82) is 0 Å². The smallest absolute Gasteiger partial charge is 0.514 e. The first-order valence-corrected chi connectivity index (χ1v) is 13.7. The summed E-state index contributed by atoms with van der Waals surface area (Å²) in [5, 5.41) is 1.05. The molecule has 0 saturated heterocycles. The molecule has 0 atom stereocenters. The second kappa shape index (κ2) is 12.9. The molecule has 0 bridgehead atoms. The molecule has 7 rings (SSSR count). The van der Waals surface area contributed by atoms with Gasteiger partial charge in [0.05, 0.1) is 5.03 Å². The van der Waals surface area contributed by atoms with Crippen LogP contribution in [0.2, 0.25) is 0 Å². The predicted octanol–water partition coefficient (Wildman–Crippen LogP) is 7.94. The largest absolute Gasteiger partial charge is 4.00 e. The number of aromatic nitrogens is 1. The molecule has 1 aromatic heterocycles. The van der Waals surface area contributed by atoms with Crippen molar-refractivity contribution in [3.8, 4) is 0 Å². The first-order chi connectivity index (χ1) is 17.2. The van der Waals surface area contributed by atoms with E-state index in [0.717, 1.165) is 16.4 Å². The molecule has 4 heterocycles. The van der Waals surface area contributed by atoms with E-state index in [1.165, 1.54) is 21.2 Å². The molecule has 0 fully saturated rings. The van der Waals surface area contributed by atoms with Gasteiger partial charge in [0.2, 0.25) is 0 Å². The second-order valence-electron chi connectivity index (χ2n) is 7.77. The van der Waals surface area contributed by atoms with Gasteiger partial charge in [-0.2, -0.15) is 48.0 Å². The molecule has 0 saturated carbocycles. The van der Waals surface area contributed by atoms with Crippen molar-refractivity contribution in [3.05, 3.63) is 115 Å². The Kier molecular flexibility index (Phi) is 9.66. The predicted molar refractivity (Wildman–Crippen MR) is 152 cm³/mol. The van der Waals surface area contributed by atoms with Gasteiger partial charge in [0, 0.05) is 23.3 Å². The molecular formula is C28H24N4RuS3. The van der Waals surface area contributed by atoms with Gasteiger partial charge in [-0.3, -0.25) is 40.3 Å². The van der Waals surface area contributed by atoms with Crippen LogP contribution in [-0.4, -0.2) is 19.1 Å². The van der Waals surface area contributed by atoms with Gasteiger partial charge < -0.3 is 14.7 Å². The van der Waals surface area contributed by atoms with Gasteiger partial charge >= 0.3 is 19.5 Å². The number of hydrogen-bond acceptors (Lipinski definition) is 7. The van der Waals surface area contributed by atoms with Crippen molar-refractivity contribution in [2.45, 2.75) is 14.8 Å². The molecule has 0 unspecified atom stereocenters. The topological polar surface area (TPSA) is 22.6 Å². The van der Waals surface area contributed by atoms with Crippen LogP contribution < -0.4 is 14.7 Å². The van der Waals surface area contributed by atoms with Crippen molar-refractivity contribution < 1.29 is 19.5 Å². The first kappa shape index (κ1) is 26.9. The molecule has 36 heavy (non-hydrogen) atoms. The Morgan fingerprint density at radius 3 is 1.83 bits per heavy atom. The Morgan fingerprint density at radius 1 is 0.667 bits per heavy atom. The molecule has 3 aliphatic rings. The van der Waals surface area contributed by atoms with Gasteiger partial charge in [0.1, 0.15) is 0 Å². The number of rotatable bonds is 1. The summed E-state index contributed by atoms with van der Waals surface area (Å²) in [6.07, 6.45) is 1.82. The Balaban J connectivity index is 0.000000129. The van der Waals surface area contributed by atoms with Gasteiger partial charge in [-0.25, -0.2) is 0 Å². The Labute approximate surface area is 239 Å². The zero-order chi connectivity index (χ0) is 24.0. The zero-order valence-corrected chi connectivity index (χ0v) is 23.9. The number of thioether (sulfide) groups is 3. The Bertz CT molecular complexity index is 1220. The van der Waals surface area contributed by atoms with Crippen LogP contribution in [0.25, 0.3) is 0 Å². The summed E-state index contributed by atoms with van der Waals surface area (Å²) in [5.74, 6) is 6.29. The van der Waals surface area contributed by atoms with Gasteiger partial charge in [-0.05, 0) is 60.3 Å². The van der Waals surface area contributed by atoms with E-state index in [2.05, 4.69) is 112 Å². The fourth-order valence-electron chi connectivity index (χ4n) is 3.62. The van der Waals surface area contributed by atoms with Crippen LogP contribution in [0.5, 0.6) is 0 Å². The molecule has 0 N–H and O–H groups in total. The van der Waals surface area contributed by atoms with E-state index in [1.807, 2.05) is 36.5 Å². The van der Waals surface area contributed by atoms with Gasteiger partial charge in [-0.1, -0.05) is 24.3 Å². The van der Waals surface area contributed by atoms with Crippen LogP contribution in [0.4, 0.5) is 22.7 Å². The zero-order valence-electron chi connectivity index (χ0n) is 19.8. The molecule has 4 aromatic rings.